The third-order valence-electron chi connectivity index (χ3n) is 1.65. The Bertz CT molecular complexity index is 397. The topological polar surface area (TPSA) is 27.0 Å². The first kappa shape index (κ1) is 10.3. The van der Waals surface area contributed by atoms with Gasteiger partial charge in [0.2, 0.25) is 0 Å². The van der Waals surface area contributed by atoms with Crippen molar-refractivity contribution in [2.75, 3.05) is 0 Å². The van der Waals surface area contributed by atoms with E-state index in [4.69, 9.17) is 0 Å². The largest absolute Gasteiger partial charge is 0.575 e. The van der Waals surface area contributed by atoms with E-state index in [1.165, 1.54) is 0 Å². The molecular weight excluding hydrogens is 442 g/mol. The van der Waals surface area contributed by atoms with Crippen molar-refractivity contribution in [1.29, 1.82) is 0 Å². The van der Waals surface area contributed by atoms with E-state index in [9.17, 15) is 0 Å². The molecule has 0 saturated carbocycles. The van der Waals surface area contributed by atoms with E-state index in [2.05, 4.69) is 26.1 Å². The van der Waals surface area contributed by atoms with E-state index < -0.39 is 0 Å². The summed E-state index contributed by atoms with van der Waals surface area (Å²) in [4.78, 5) is 0. The molecule has 0 unspecified atom stereocenters. The smallest absolute Gasteiger partial charge is 0.0183 e. The third kappa shape index (κ3) is 1.76. The van der Waals surface area contributed by atoms with Gasteiger partial charge < -0.3 is 10.2 Å². The monoisotopic (exact) mass is 447 g/mol. The minimum Gasteiger partial charge on any atom is -0.575 e. The zero-order valence-corrected chi connectivity index (χ0v) is 12.3. The molecule has 2 aromatic rings. The zero-order chi connectivity index (χ0) is 7.84. The molecule has 0 amide bonds. The summed E-state index contributed by atoms with van der Waals surface area (Å²) in [6.07, 6.45) is 1.77. The van der Waals surface area contributed by atoms with E-state index >= 15 is 0 Å². The molecular formula is C8H6BrN2U-. The van der Waals surface area contributed by atoms with Crippen LogP contribution in [0.4, 0.5) is 0 Å². The van der Waals surface area contributed by atoms with Crippen LogP contribution in [0.25, 0.3) is 10.9 Å². The predicted molar refractivity (Wildman–Crippen MR) is 47.5 cm³/mol. The van der Waals surface area contributed by atoms with E-state index in [1.807, 2.05) is 19.1 Å². The molecule has 0 atom stereocenters. The number of rotatable bonds is 0. The van der Waals surface area contributed by atoms with Crippen LogP contribution in [-0.4, -0.2) is 5.10 Å². The number of nitrogens with zero attached hydrogens (tertiary/aromatic N) is 2. The number of fused-ring (bicyclic) bond motifs is 1. The van der Waals surface area contributed by atoms with Crippen LogP contribution >= 0.6 is 15.9 Å². The number of hydrogen-bond donors (Lipinski definition) is 0. The maximum atomic E-state index is 3.99. The fourth-order valence-corrected chi connectivity index (χ4v) is 1.74. The van der Waals surface area contributed by atoms with E-state index in [-0.39, 0.29) is 31.1 Å². The van der Waals surface area contributed by atoms with Gasteiger partial charge in [0.1, 0.15) is 0 Å². The summed E-state index contributed by atoms with van der Waals surface area (Å²) in [6.45, 7) is 2.03. The van der Waals surface area contributed by atoms with E-state index in [1.54, 1.807) is 6.20 Å². The van der Waals surface area contributed by atoms with E-state index in [0.717, 1.165) is 20.9 Å². The van der Waals surface area contributed by atoms with Crippen LogP contribution in [0.2, 0.25) is 0 Å². The summed E-state index contributed by atoms with van der Waals surface area (Å²) in [7, 11) is 0. The first-order chi connectivity index (χ1) is 5.27. The fourth-order valence-electron chi connectivity index (χ4n) is 1.15. The van der Waals surface area contributed by atoms with Gasteiger partial charge in [0, 0.05) is 41.8 Å². The Morgan fingerprint density at radius 3 is 2.92 bits per heavy atom. The molecule has 0 spiro atoms. The zero-order valence-electron chi connectivity index (χ0n) is 6.50. The predicted octanol–water partition coefficient (Wildman–Crippen LogP) is 2.26. The quantitative estimate of drug-likeness (QED) is 0.619. The molecule has 2 rings (SSSR count). The van der Waals surface area contributed by atoms with Crippen molar-refractivity contribution in [1.82, 2.24) is 10.2 Å². The molecule has 60 valence electrons. The van der Waals surface area contributed by atoms with Crippen molar-refractivity contribution in [3.8, 4) is 0 Å². The van der Waals surface area contributed by atoms with Gasteiger partial charge in [0.15, 0.2) is 0 Å². The van der Waals surface area contributed by atoms with E-state index in [0.29, 0.717) is 0 Å². The van der Waals surface area contributed by atoms with Gasteiger partial charge in [-0.15, -0.1) is 5.52 Å². The Kier molecular flexibility index (Phi) is 3.39. The molecule has 0 fully saturated rings. The van der Waals surface area contributed by atoms with Gasteiger partial charge in [-0.1, -0.05) is 21.5 Å². The Morgan fingerprint density at radius 1 is 1.42 bits per heavy atom. The third-order valence-corrected chi connectivity index (χ3v) is 2.11. The molecule has 0 N–H and O–H groups in total. The van der Waals surface area contributed by atoms with Crippen LogP contribution in [0.15, 0.2) is 22.8 Å². The Hall–Kier alpha value is 0.222. The maximum Gasteiger partial charge on any atom is 0.0183 e. The first-order valence-corrected chi connectivity index (χ1v) is 4.11. The maximum absolute atomic E-state index is 3.99. The fraction of sp³-hybridized carbons (Fsp3) is 0.125. The van der Waals surface area contributed by atoms with Crippen molar-refractivity contribution in [2.45, 2.75) is 6.92 Å². The number of hydrogen-bond acceptors (Lipinski definition) is 1. The van der Waals surface area contributed by atoms with Crippen LogP contribution in [0.1, 0.15) is 5.56 Å². The molecule has 0 saturated heterocycles. The van der Waals surface area contributed by atoms with Crippen LogP contribution < -0.4 is 5.10 Å². The van der Waals surface area contributed by atoms with Crippen molar-refractivity contribution in [3.63, 3.8) is 0 Å². The van der Waals surface area contributed by atoms with Gasteiger partial charge in [-0.2, -0.15) is 0 Å². The first-order valence-electron chi connectivity index (χ1n) is 3.31. The summed E-state index contributed by atoms with van der Waals surface area (Å²) in [5, 5.41) is 8.92. The summed E-state index contributed by atoms with van der Waals surface area (Å²) in [5.41, 5.74) is 2.15. The molecule has 0 bridgehead atoms. The standard InChI is InChI=1S/C8H6BrN2.U/c1-5-2-7(9)3-6-4-10-11-8(5)6;/h2-4H,1H3;/q-1;. The molecule has 0 aliphatic heterocycles. The second kappa shape index (κ2) is 3.95. The van der Waals surface area contributed by atoms with Crippen molar-refractivity contribution in [2.24, 2.45) is 0 Å². The summed E-state index contributed by atoms with van der Waals surface area (Å²) >= 11 is 3.41. The molecule has 0 aliphatic carbocycles. The molecule has 0 radical (unpaired) electrons. The van der Waals surface area contributed by atoms with Crippen LogP contribution in [0.5, 0.6) is 0 Å². The van der Waals surface area contributed by atoms with Crippen molar-refractivity contribution >= 4 is 26.8 Å². The average molecular weight is 448 g/mol. The normalized spacial score (nSPS) is 9.83. The van der Waals surface area contributed by atoms with Crippen molar-refractivity contribution < 1.29 is 31.1 Å². The summed E-state index contributed by atoms with van der Waals surface area (Å²) < 4.78 is 1.08. The van der Waals surface area contributed by atoms with Crippen LogP contribution in [-0.2, 0) is 0 Å². The van der Waals surface area contributed by atoms with Gasteiger partial charge in [-0.3, -0.25) is 0 Å². The number of benzene rings is 1. The number of aryl methyl sites for hydroxylation is 1. The molecule has 12 heavy (non-hydrogen) atoms. The average Bonchev–Trinajstić information content (AvgIpc) is 2.34. The van der Waals surface area contributed by atoms with Gasteiger partial charge in [0.05, 0.1) is 0 Å². The Morgan fingerprint density at radius 2 is 2.17 bits per heavy atom. The molecule has 1 heterocycles. The second-order valence-electron chi connectivity index (χ2n) is 2.51. The molecule has 0 aliphatic rings. The van der Waals surface area contributed by atoms with Gasteiger partial charge in [-0.25, -0.2) is 0 Å². The Labute approximate surface area is 103 Å². The SMILES string of the molecule is Cc1cc(Br)cc2cn[n-]c12.[U]. The Balaban J connectivity index is 0.000000720. The summed E-state index contributed by atoms with van der Waals surface area (Å²) in [5.74, 6) is 0. The minimum atomic E-state index is 0. The number of aromatic nitrogens is 2. The van der Waals surface area contributed by atoms with Gasteiger partial charge in [0.25, 0.3) is 0 Å². The molecule has 2 nitrogen and oxygen atoms in total. The summed E-state index contributed by atoms with van der Waals surface area (Å²) in [6, 6.07) is 4.05. The van der Waals surface area contributed by atoms with Crippen LogP contribution in [0.3, 0.4) is 0 Å². The second-order valence-corrected chi connectivity index (χ2v) is 3.42. The number of halogens is 1. The molecule has 1 aromatic carbocycles. The molecule has 4 heteroatoms. The van der Waals surface area contributed by atoms with Gasteiger partial charge >= 0.3 is 0 Å². The van der Waals surface area contributed by atoms with Crippen molar-refractivity contribution in [3.05, 3.63) is 28.4 Å². The van der Waals surface area contributed by atoms with Crippen LogP contribution in [0, 0.1) is 38.0 Å². The van der Waals surface area contributed by atoms with Gasteiger partial charge in [-0.05, 0) is 24.4 Å². The molecule has 1 aromatic heterocycles. The minimum absolute atomic E-state index is 0.